The number of hydrogen-bond acceptors (Lipinski definition) is 3. The highest BCUT2D eigenvalue weighted by Crippen LogP contribution is 2.21. The second kappa shape index (κ2) is 8.01. The van der Waals surface area contributed by atoms with E-state index in [0.717, 1.165) is 32.2 Å². The molecule has 0 saturated carbocycles. The molecule has 1 aromatic carbocycles. The number of amides is 2. The number of rotatable bonds is 5. The molecular formula is C20H24N2O3. The normalized spacial score (nSPS) is 18.6. The highest BCUT2D eigenvalue weighted by atomic mass is 16.3. The zero-order chi connectivity index (χ0) is 17.6. The topological polar surface area (TPSA) is 62.6 Å². The van der Waals surface area contributed by atoms with Crippen molar-refractivity contribution in [3.05, 3.63) is 60.1 Å². The third-order valence-electron chi connectivity index (χ3n) is 4.69. The van der Waals surface area contributed by atoms with Gasteiger partial charge in [0.2, 0.25) is 5.91 Å². The average molecular weight is 340 g/mol. The summed E-state index contributed by atoms with van der Waals surface area (Å²) in [6, 6.07) is 13.1. The quantitative estimate of drug-likeness (QED) is 0.910. The first-order valence-corrected chi connectivity index (χ1v) is 8.84. The van der Waals surface area contributed by atoms with Gasteiger partial charge in [0.1, 0.15) is 6.04 Å². The number of nitrogens with one attached hydrogen (secondary N) is 1. The van der Waals surface area contributed by atoms with Crippen LogP contribution in [0.2, 0.25) is 0 Å². The van der Waals surface area contributed by atoms with E-state index >= 15 is 0 Å². The Morgan fingerprint density at radius 3 is 2.72 bits per heavy atom. The van der Waals surface area contributed by atoms with Crippen LogP contribution in [0.1, 0.15) is 42.3 Å². The van der Waals surface area contributed by atoms with Gasteiger partial charge in [-0.1, -0.05) is 30.3 Å². The lowest BCUT2D eigenvalue weighted by Crippen LogP contribution is -2.52. The molecule has 0 aliphatic carbocycles. The Balaban J connectivity index is 1.64. The van der Waals surface area contributed by atoms with E-state index in [4.69, 9.17) is 4.42 Å². The van der Waals surface area contributed by atoms with Crippen LogP contribution in [-0.2, 0) is 11.2 Å². The minimum Gasteiger partial charge on any atom is -0.459 e. The van der Waals surface area contributed by atoms with Crippen LogP contribution >= 0.6 is 0 Å². The summed E-state index contributed by atoms with van der Waals surface area (Å²) in [6.07, 6.45) is 5.44. The van der Waals surface area contributed by atoms with Crippen molar-refractivity contribution in [2.75, 3.05) is 6.54 Å². The summed E-state index contributed by atoms with van der Waals surface area (Å²) in [6.45, 7) is 2.48. The molecule has 2 heterocycles. The molecule has 0 radical (unpaired) electrons. The fourth-order valence-electron chi connectivity index (χ4n) is 3.38. The van der Waals surface area contributed by atoms with Crippen LogP contribution in [0.3, 0.4) is 0 Å². The van der Waals surface area contributed by atoms with E-state index in [9.17, 15) is 9.59 Å². The van der Waals surface area contributed by atoms with Crippen molar-refractivity contribution in [2.24, 2.45) is 0 Å². The van der Waals surface area contributed by atoms with Crippen molar-refractivity contribution >= 4 is 11.8 Å². The van der Waals surface area contributed by atoms with Crippen LogP contribution in [0.25, 0.3) is 0 Å². The lowest BCUT2D eigenvalue weighted by atomic mass is 9.95. The third-order valence-corrected chi connectivity index (χ3v) is 4.69. The molecular weight excluding hydrogens is 316 g/mol. The largest absolute Gasteiger partial charge is 0.459 e. The Morgan fingerprint density at radius 1 is 1.20 bits per heavy atom. The second-order valence-electron chi connectivity index (χ2n) is 6.54. The smallest absolute Gasteiger partial charge is 0.287 e. The Bertz CT molecular complexity index is 697. The first-order valence-electron chi connectivity index (χ1n) is 8.84. The predicted octanol–water partition coefficient (Wildman–Crippen LogP) is 3.02. The maximum Gasteiger partial charge on any atom is 0.287 e. The molecule has 1 fully saturated rings. The minimum atomic E-state index is -0.575. The number of furan rings is 1. The van der Waals surface area contributed by atoms with Crippen molar-refractivity contribution in [1.29, 1.82) is 0 Å². The summed E-state index contributed by atoms with van der Waals surface area (Å²) in [4.78, 5) is 26.9. The molecule has 0 spiro atoms. The molecule has 2 atom stereocenters. The fourth-order valence-corrected chi connectivity index (χ4v) is 3.38. The lowest BCUT2D eigenvalue weighted by molar-refractivity contribution is -0.136. The summed E-state index contributed by atoms with van der Waals surface area (Å²) in [5, 5.41) is 2.74. The predicted molar refractivity (Wildman–Crippen MR) is 95.1 cm³/mol. The molecule has 1 N–H and O–H groups in total. The van der Waals surface area contributed by atoms with Crippen LogP contribution in [0.5, 0.6) is 0 Å². The number of piperidine rings is 1. The van der Waals surface area contributed by atoms with Gasteiger partial charge in [-0.25, -0.2) is 0 Å². The van der Waals surface area contributed by atoms with Gasteiger partial charge >= 0.3 is 0 Å². The van der Waals surface area contributed by atoms with Gasteiger partial charge in [0.25, 0.3) is 5.91 Å². The van der Waals surface area contributed by atoms with E-state index in [1.54, 1.807) is 19.1 Å². The monoisotopic (exact) mass is 340 g/mol. The van der Waals surface area contributed by atoms with Crippen molar-refractivity contribution in [1.82, 2.24) is 10.2 Å². The van der Waals surface area contributed by atoms with E-state index in [-0.39, 0.29) is 23.6 Å². The van der Waals surface area contributed by atoms with Gasteiger partial charge < -0.3 is 14.6 Å². The molecule has 132 valence electrons. The molecule has 1 aromatic heterocycles. The Kier molecular flexibility index (Phi) is 5.53. The summed E-state index contributed by atoms with van der Waals surface area (Å²) >= 11 is 0. The summed E-state index contributed by atoms with van der Waals surface area (Å²) in [7, 11) is 0. The van der Waals surface area contributed by atoms with Crippen molar-refractivity contribution in [3.8, 4) is 0 Å². The maximum absolute atomic E-state index is 12.9. The van der Waals surface area contributed by atoms with Crippen LogP contribution < -0.4 is 5.32 Å². The highest BCUT2D eigenvalue weighted by molar-refractivity contribution is 5.95. The van der Waals surface area contributed by atoms with Gasteiger partial charge in [-0.2, -0.15) is 0 Å². The molecule has 3 rings (SSSR count). The molecule has 5 nitrogen and oxygen atoms in total. The summed E-state index contributed by atoms with van der Waals surface area (Å²) in [5.74, 6) is -0.165. The molecule has 5 heteroatoms. The van der Waals surface area contributed by atoms with Gasteiger partial charge in [-0.3, -0.25) is 9.59 Å². The Labute approximate surface area is 148 Å². The molecule has 25 heavy (non-hydrogen) atoms. The molecule has 2 aromatic rings. The Hall–Kier alpha value is -2.56. The number of carbonyl (C=O) groups excluding carboxylic acids is 2. The molecule has 2 amide bonds. The van der Waals surface area contributed by atoms with Gasteiger partial charge in [0.05, 0.1) is 6.26 Å². The minimum absolute atomic E-state index is 0.0273. The van der Waals surface area contributed by atoms with Gasteiger partial charge in [0.15, 0.2) is 5.76 Å². The fraction of sp³-hybridized carbons (Fsp3) is 0.400. The van der Waals surface area contributed by atoms with Crippen LogP contribution in [0.4, 0.5) is 0 Å². The SMILES string of the molecule is C[C@@H](NC(=O)c1ccco1)C(=O)N1CCCC[C@@H]1Cc1ccccc1. The van der Waals surface area contributed by atoms with E-state index in [0.29, 0.717) is 0 Å². The van der Waals surface area contributed by atoms with Crippen molar-refractivity contribution < 1.29 is 14.0 Å². The summed E-state index contributed by atoms with van der Waals surface area (Å²) in [5.41, 5.74) is 1.24. The molecule has 1 saturated heterocycles. The van der Waals surface area contributed by atoms with E-state index < -0.39 is 6.04 Å². The van der Waals surface area contributed by atoms with Gasteiger partial charge in [0, 0.05) is 12.6 Å². The average Bonchev–Trinajstić information content (AvgIpc) is 3.17. The van der Waals surface area contributed by atoms with Gasteiger partial charge in [-0.15, -0.1) is 0 Å². The van der Waals surface area contributed by atoms with E-state index in [2.05, 4.69) is 17.4 Å². The molecule has 1 aliphatic rings. The van der Waals surface area contributed by atoms with Crippen LogP contribution in [-0.4, -0.2) is 35.3 Å². The lowest BCUT2D eigenvalue weighted by Gasteiger charge is -2.37. The molecule has 1 aliphatic heterocycles. The number of carbonyl (C=O) groups is 2. The van der Waals surface area contributed by atoms with Crippen molar-refractivity contribution in [3.63, 3.8) is 0 Å². The zero-order valence-electron chi connectivity index (χ0n) is 14.5. The standard InChI is InChI=1S/C20H24N2O3/c1-15(21-19(23)18-11-7-13-25-18)20(24)22-12-6-5-10-17(22)14-16-8-3-2-4-9-16/h2-4,7-9,11,13,15,17H,5-6,10,12,14H2,1H3,(H,21,23)/t15-,17-/m1/s1. The van der Waals surface area contributed by atoms with Gasteiger partial charge in [-0.05, 0) is 50.3 Å². The highest BCUT2D eigenvalue weighted by Gasteiger charge is 2.30. The number of nitrogens with zero attached hydrogens (tertiary/aromatic N) is 1. The number of hydrogen-bond donors (Lipinski definition) is 1. The third kappa shape index (κ3) is 4.29. The maximum atomic E-state index is 12.9. The van der Waals surface area contributed by atoms with E-state index in [1.807, 2.05) is 23.1 Å². The first-order chi connectivity index (χ1) is 12.1. The second-order valence-corrected chi connectivity index (χ2v) is 6.54. The van der Waals surface area contributed by atoms with Crippen molar-refractivity contribution in [2.45, 2.75) is 44.7 Å². The Morgan fingerprint density at radius 2 is 2.00 bits per heavy atom. The van der Waals surface area contributed by atoms with Crippen LogP contribution in [0, 0.1) is 0 Å². The number of benzene rings is 1. The number of likely N-dealkylation sites (tertiary alicyclic amines) is 1. The van der Waals surface area contributed by atoms with Crippen LogP contribution in [0.15, 0.2) is 53.1 Å². The molecule has 0 unspecified atom stereocenters. The first kappa shape index (κ1) is 17.3. The summed E-state index contributed by atoms with van der Waals surface area (Å²) < 4.78 is 5.08. The zero-order valence-corrected chi connectivity index (χ0v) is 14.5. The van der Waals surface area contributed by atoms with E-state index in [1.165, 1.54) is 11.8 Å². The molecule has 0 bridgehead atoms.